The fourth-order valence-corrected chi connectivity index (χ4v) is 0.629. The van der Waals surface area contributed by atoms with E-state index in [0.29, 0.717) is 6.42 Å². The van der Waals surface area contributed by atoms with E-state index in [4.69, 9.17) is 5.21 Å². The summed E-state index contributed by atoms with van der Waals surface area (Å²) in [6.45, 7) is 6.86. The van der Waals surface area contributed by atoms with Crippen molar-refractivity contribution in [1.82, 2.24) is 5.48 Å². The molecule has 0 bridgehead atoms. The van der Waals surface area contributed by atoms with E-state index >= 15 is 0 Å². The van der Waals surface area contributed by atoms with Crippen molar-refractivity contribution >= 4 is 5.78 Å². The second-order valence-electron chi connectivity index (χ2n) is 2.45. The van der Waals surface area contributed by atoms with Crippen LogP contribution >= 0.6 is 0 Å². The van der Waals surface area contributed by atoms with Crippen LogP contribution in [0.3, 0.4) is 0 Å². The van der Waals surface area contributed by atoms with E-state index in [1.54, 1.807) is 0 Å². The Labute approximate surface area is 60.7 Å². The Morgan fingerprint density at radius 2 is 2.20 bits per heavy atom. The van der Waals surface area contributed by atoms with Crippen LogP contribution in [-0.2, 0) is 4.79 Å². The van der Waals surface area contributed by atoms with Gasteiger partial charge < -0.3 is 5.21 Å². The van der Waals surface area contributed by atoms with Gasteiger partial charge in [0, 0.05) is 0 Å². The smallest absolute Gasteiger partial charge is 0.149 e. The lowest BCUT2D eigenvalue weighted by Gasteiger charge is -2.09. The highest BCUT2D eigenvalue weighted by Gasteiger charge is 2.11. The standard InChI is InChI=1S/C7H13NO2/c1-5(2)4-7(8-10)6(3)9/h7-8,10H,1,4H2,2-3H3. The zero-order valence-electron chi connectivity index (χ0n) is 6.35. The third-order valence-electron chi connectivity index (χ3n) is 1.20. The maximum Gasteiger partial charge on any atom is 0.149 e. The van der Waals surface area contributed by atoms with Crippen molar-refractivity contribution in [2.45, 2.75) is 26.3 Å². The maximum atomic E-state index is 10.6. The first-order valence-electron chi connectivity index (χ1n) is 3.12. The predicted molar refractivity (Wildman–Crippen MR) is 38.8 cm³/mol. The Bertz CT molecular complexity index is 143. The van der Waals surface area contributed by atoms with Crippen molar-refractivity contribution in [1.29, 1.82) is 0 Å². The van der Waals surface area contributed by atoms with Gasteiger partial charge >= 0.3 is 0 Å². The van der Waals surface area contributed by atoms with Gasteiger partial charge in [0.25, 0.3) is 0 Å². The second-order valence-corrected chi connectivity index (χ2v) is 2.45. The molecule has 0 saturated heterocycles. The molecule has 0 aliphatic heterocycles. The molecule has 0 heterocycles. The van der Waals surface area contributed by atoms with E-state index < -0.39 is 6.04 Å². The highest BCUT2D eigenvalue weighted by atomic mass is 16.5. The molecular formula is C7H13NO2. The zero-order chi connectivity index (χ0) is 8.15. The minimum Gasteiger partial charge on any atom is -0.316 e. The molecule has 0 radical (unpaired) electrons. The second kappa shape index (κ2) is 4.19. The summed E-state index contributed by atoms with van der Waals surface area (Å²) in [5.41, 5.74) is 2.80. The molecule has 3 nitrogen and oxygen atoms in total. The molecule has 0 saturated carbocycles. The average molecular weight is 143 g/mol. The summed E-state index contributed by atoms with van der Waals surface area (Å²) in [6, 6.07) is -0.488. The Kier molecular flexibility index (Phi) is 3.91. The number of ketones is 1. The molecule has 1 atom stereocenters. The number of Topliss-reactive ketones (excluding diaryl/α,β-unsaturated/α-hetero) is 1. The molecule has 0 spiro atoms. The van der Waals surface area contributed by atoms with Gasteiger partial charge in [-0.2, -0.15) is 5.48 Å². The number of hydrogen-bond acceptors (Lipinski definition) is 3. The van der Waals surface area contributed by atoms with Crippen molar-refractivity contribution in [3.63, 3.8) is 0 Å². The molecule has 3 heteroatoms. The minimum absolute atomic E-state index is 0.0782. The van der Waals surface area contributed by atoms with Crippen LogP contribution in [0.25, 0.3) is 0 Å². The molecule has 0 amide bonds. The Morgan fingerprint density at radius 1 is 1.70 bits per heavy atom. The van der Waals surface area contributed by atoms with Crippen LogP contribution < -0.4 is 5.48 Å². The maximum absolute atomic E-state index is 10.6. The first-order valence-corrected chi connectivity index (χ1v) is 3.12. The summed E-state index contributed by atoms with van der Waals surface area (Å²) in [7, 11) is 0. The fourth-order valence-electron chi connectivity index (χ4n) is 0.629. The summed E-state index contributed by atoms with van der Waals surface area (Å²) < 4.78 is 0. The molecule has 58 valence electrons. The lowest BCUT2D eigenvalue weighted by molar-refractivity contribution is -0.121. The van der Waals surface area contributed by atoms with Crippen LogP contribution in [-0.4, -0.2) is 17.0 Å². The van der Waals surface area contributed by atoms with Gasteiger partial charge in [-0.05, 0) is 20.3 Å². The Morgan fingerprint density at radius 3 is 2.30 bits per heavy atom. The fraction of sp³-hybridized carbons (Fsp3) is 0.571. The normalized spacial score (nSPS) is 12.7. The average Bonchev–Trinajstić information content (AvgIpc) is 1.81. The first-order chi connectivity index (χ1) is 4.57. The monoisotopic (exact) mass is 143 g/mol. The topological polar surface area (TPSA) is 49.3 Å². The Hall–Kier alpha value is -0.670. The predicted octanol–water partition coefficient (Wildman–Crippen LogP) is 0.889. The SMILES string of the molecule is C=C(C)CC(NO)C(C)=O. The van der Waals surface area contributed by atoms with Crippen LogP contribution in [0.15, 0.2) is 12.2 Å². The van der Waals surface area contributed by atoms with E-state index in [9.17, 15) is 4.79 Å². The van der Waals surface area contributed by atoms with Gasteiger partial charge in [-0.25, -0.2) is 0 Å². The summed E-state index contributed by atoms with van der Waals surface area (Å²) >= 11 is 0. The van der Waals surface area contributed by atoms with Gasteiger partial charge in [0.05, 0.1) is 6.04 Å². The quantitative estimate of drug-likeness (QED) is 0.454. The third-order valence-corrected chi connectivity index (χ3v) is 1.20. The highest BCUT2D eigenvalue weighted by molar-refractivity contribution is 5.81. The van der Waals surface area contributed by atoms with E-state index in [0.717, 1.165) is 5.57 Å². The molecule has 0 rings (SSSR count). The Balaban J connectivity index is 3.83. The number of rotatable bonds is 4. The van der Waals surface area contributed by atoms with Gasteiger partial charge in [-0.1, -0.05) is 5.57 Å². The number of nitrogens with one attached hydrogen (secondary N) is 1. The lowest BCUT2D eigenvalue weighted by Crippen LogP contribution is -2.32. The number of carbonyl (C=O) groups excluding carboxylic acids is 1. The summed E-state index contributed by atoms with van der Waals surface area (Å²) in [5, 5.41) is 8.43. The van der Waals surface area contributed by atoms with Crippen molar-refractivity contribution in [3.8, 4) is 0 Å². The highest BCUT2D eigenvalue weighted by Crippen LogP contribution is 2.01. The molecule has 2 N–H and O–H groups in total. The van der Waals surface area contributed by atoms with Crippen molar-refractivity contribution in [2.24, 2.45) is 0 Å². The molecule has 0 aromatic carbocycles. The molecule has 0 aromatic heterocycles. The summed E-state index contributed by atoms with van der Waals surface area (Å²) in [5.74, 6) is -0.0782. The van der Waals surface area contributed by atoms with E-state index in [-0.39, 0.29) is 5.78 Å². The van der Waals surface area contributed by atoms with Gasteiger partial charge in [0.2, 0.25) is 0 Å². The molecule has 1 unspecified atom stereocenters. The van der Waals surface area contributed by atoms with Crippen LogP contribution in [0.2, 0.25) is 0 Å². The largest absolute Gasteiger partial charge is 0.316 e. The first kappa shape index (κ1) is 9.33. The van der Waals surface area contributed by atoms with Crippen LogP contribution in [0.5, 0.6) is 0 Å². The van der Waals surface area contributed by atoms with Crippen molar-refractivity contribution in [3.05, 3.63) is 12.2 Å². The zero-order valence-corrected chi connectivity index (χ0v) is 6.35. The van der Waals surface area contributed by atoms with Crippen LogP contribution in [0.4, 0.5) is 0 Å². The van der Waals surface area contributed by atoms with Crippen molar-refractivity contribution < 1.29 is 10.0 Å². The van der Waals surface area contributed by atoms with E-state index in [1.165, 1.54) is 6.92 Å². The van der Waals surface area contributed by atoms with Crippen LogP contribution in [0, 0.1) is 0 Å². The summed E-state index contributed by atoms with van der Waals surface area (Å²) in [6.07, 6.45) is 0.492. The molecule has 10 heavy (non-hydrogen) atoms. The molecule has 0 aliphatic carbocycles. The van der Waals surface area contributed by atoms with Crippen LogP contribution in [0.1, 0.15) is 20.3 Å². The number of carbonyl (C=O) groups is 1. The van der Waals surface area contributed by atoms with E-state index in [2.05, 4.69) is 6.58 Å². The van der Waals surface area contributed by atoms with Gasteiger partial charge in [-0.15, -0.1) is 6.58 Å². The van der Waals surface area contributed by atoms with E-state index in [1.807, 2.05) is 12.4 Å². The molecule has 0 aromatic rings. The molecule has 0 fully saturated rings. The third kappa shape index (κ3) is 3.37. The lowest BCUT2D eigenvalue weighted by atomic mass is 10.1. The number of hydrogen-bond donors (Lipinski definition) is 2. The van der Waals surface area contributed by atoms with Gasteiger partial charge in [0.15, 0.2) is 0 Å². The number of hydroxylamine groups is 1. The van der Waals surface area contributed by atoms with Gasteiger partial charge in [-0.3, -0.25) is 4.79 Å². The molecular weight excluding hydrogens is 130 g/mol. The van der Waals surface area contributed by atoms with Gasteiger partial charge in [0.1, 0.15) is 5.78 Å². The minimum atomic E-state index is -0.488. The molecule has 0 aliphatic rings. The van der Waals surface area contributed by atoms with Crippen molar-refractivity contribution in [2.75, 3.05) is 0 Å². The summed E-state index contributed by atoms with van der Waals surface area (Å²) in [4.78, 5) is 10.6.